The van der Waals surface area contributed by atoms with Crippen LogP contribution in [-0.4, -0.2) is 28.2 Å². The van der Waals surface area contributed by atoms with E-state index in [1.54, 1.807) is 0 Å². The smallest absolute Gasteiger partial charge is 0.336 e. The number of carbonyl (C=O) groups is 1. The lowest BCUT2D eigenvalue weighted by molar-refractivity contribution is -0.116. The second-order valence-corrected chi connectivity index (χ2v) is 4.24. The Morgan fingerprint density at radius 1 is 1.28 bits per heavy atom. The topological polar surface area (TPSA) is 79.9 Å². The van der Waals surface area contributed by atoms with Crippen LogP contribution in [0.15, 0.2) is 0 Å². The molecule has 0 radical (unpaired) electrons. The molecule has 1 amide bonds. The Hall–Kier alpha value is -1.59. The van der Waals surface area contributed by atoms with Crippen LogP contribution < -0.4 is 10.1 Å². The first kappa shape index (κ1) is 14.5. The van der Waals surface area contributed by atoms with Crippen molar-refractivity contribution in [3.8, 4) is 6.01 Å². The SMILES string of the molecule is CCCCCCCCC(=O)Nc1nc(OC)n[nH]1. The molecule has 102 valence electrons. The van der Waals surface area contributed by atoms with Crippen LogP contribution in [0.1, 0.15) is 51.9 Å². The molecular weight excluding hydrogens is 232 g/mol. The minimum atomic E-state index is -0.0377. The molecule has 6 nitrogen and oxygen atoms in total. The predicted molar refractivity (Wildman–Crippen MR) is 69.6 cm³/mol. The van der Waals surface area contributed by atoms with Gasteiger partial charge in [0.05, 0.1) is 7.11 Å². The Labute approximate surface area is 108 Å². The van der Waals surface area contributed by atoms with Crippen molar-refractivity contribution >= 4 is 11.9 Å². The second-order valence-electron chi connectivity index (χ2n) is 4.24. The molecule has 0 fully saturated rings. The number of carbonyl (C=O) groups excluding carboxylic acids is 1. The van der Waals surface area contributed by atoms with Crippen molar-refractivity contribution in [2.75, 3.05) is 12.4 Å². The molecule has 0 saturated carbocycles. The summed E-state index contributed by atoms with van der Waals surface area (Å²) in [7, 11) is 1.48. The quantitative estimate of drug-likeness (QED) is 0.663. The molecule has 1 aromatic heterocycles. The molecule has 0 aliphatic carbocycles. The molecule has 1 aromatic rings. The summed E-state index contributed by atoms with van der Waals surface area (Å²) in [5, 5.41) is 8.98. The number of methoxy groups -OCH3 is 1. The minimum Gasteiger partial charge on any atom is -0.466 e. The monoisotopic (exact) mass is 254 g/mol. The fourth-order valence-corrected chi connectivity index (χ4v) is 1.65. The van der Waals surface area contributed by atoms with E-state index in [-0.39, 0.29) is 11.9 Å². The first-order valence-electron chi connectivity index (χ1n) is 6.52. The number of nitrogens with zero attached hydrogens (tertiary/aromatic N) is 2. The largest absolute Gasteiger partial charge is 0.466 e. The van der Waals surface area contributed by atoms with Gasteiger partial charge in [-0.3, -0.25) is 10.1 Å². The van der Waals surface area contributed by atoms with E-state index in [0.717, 1.165) is 12.8 Å². The first-order chi connectivity index (χ1) is 8.76. The van der Waals surface area contributed by atoms with Gasteiger partial charge in [0.2, 0.25) is 11.9 Å². The highest BCUT2D eigenvalue weighted by atomic mass is 16.5. The summed E-state index contributed by atoms with van der Waals surface area (Å²) in [5.41, 5.74) is 0. The standard InChI is InChI=1S/C12H22N4O2/c1-3-4-5-6-7-8-9-10(17)13-11-14-12(18-2)16-15-11/h3-9H2,1-2H3,(H2,13,14,15,16,17). The molecule has 0 unspecified atom stereocenters. The van der Waals surface area contributed by atoms with Crippen LogP contribution in [0.3, 0.4) is 0 Å². The average molecular weight is 254 g/mol. The van der Waals surface area contributed by atoms with Crippen LogP contribution in [0.25, 0.3) is 0 Å². The van der Waals surface area contributed by atoms with E-state index in [4.69, 9.17) is 4.74 Å². The fourth-order valence-electron chi connectivity index (χ4n) is 1.65. The summed E-state index contributed by atoms with van der Waals surface area (Å²) in [6.45, 7) is 2.19. The number of aromatic nitrogens is 3. The van der Waals surface area contributed by atoms with Gasteiger partial charge in [0.25, 0.3) is 0 Å². The molecule has 1 rings (SSSR count). The zero-order valence-corrected chi connectivity index (χ0v) is 11.2. The number of aromatic amines is 1. The van der Waals surface area contributed by atoms with Crippen LogP contribution in [0.2, 0.25) is 0 Å². The number of rotatable bonds is 9. The third kappa shape index (κ3) is 5.65. The maximum absolute atomic E-state index is 11.6. The van der Waals surface area contributed by atoms with Crippen LogP contribution in [0.5, 0.6) is 6.01 Å². The van der Waals surface area contributed by atoms with E-state index < -0.39 is 0 Å². The van der Waals surface area contributed by atoms with Crippen molar-refractivity contribution in [3.63, 3.8) is 0 Å². The Morgan fingerprint density at radius 2 is 2.00 bits per heavy atom. The average Bonchev–Trinajstić information content (AvgIpc) is 2.81. The maximum Gasteiger partial charge on any atom is 0.336 e. The summed E-state index contributed by atoms with van der Waals surface area (Å²) in [4.78, 5) is 15.5. The molecule has 0 bridgehead atoms. The summed E-state index contributed by atoms with van der Waals surface area (Å²) in [6.07, 6.45) is 7.54. The van der Waals surface area contributed by atoms with E-state index in [1.165, 1.54) is 32.8 Å². The Kier molecular flexibility index (Phi) is 6.83. The highest BCUT2D eigenvalue weighted by Gasteiger charge is 2.06. The summed E-state index contributed by atoms with van der Waals surface area (Å²) < 4.78 is 4.81. The second kappa shape index (κ2) is 8.49. The molecule has 0 aliphatic rings. The van der Waals surface area contributed by atoms with Crippen molar-refractivity contribution in [1.29, 1.82) is 0 Å². The van der Waals surface area contributed by atoms with Gasteiger partial charge in [-0.25, -0.2) is 5.10 Å². The molecule has 0 atom stereocenters. The highest BCUT2D eigenvalue weighted by Crippen LogP contribution is 2.09. The van der Waals surface area contributed by atoms with Gasteiger partial charge in [0.1, 0.15) is 0 Å². The van der Waals surface area contributed by atoms with Gasteiger partial charge in [-0.1, -0.05) is 39.0 Å². The zero-order valence-electron chi connectivity index (χ0n) is 11.2. The lowest BCUT2D eigenvalue weighted by Crippen LogP contribution is -2.12. The number of unbranched alkanes of at least 4 members (excludes halogenated alkanes) is 5. The third-order valence-electron chi connectivity index (χ3n) is 2.66. The van der Waals surface area contributed by atoms with Gasteiger partial charge < -0.3 is 4.74 Å². The maximum atomic E-state index is 11.6. The van der Waals surface area contributed by atoms with Crippen molar-refractivity contribution < 1.29 is 9.53 Å². The molecule has 0 aliphatic heterocycles. The van der Waals surface area contributed by atoms with E-state index in [1.807, 2.05) is 0 Å². The lowest BCUT2D eigenvalue weighted by atomic mass is 10.1. The molecule has 0 aromatic carbocycles. The number of hydrogen-bond acceptors (Lipinski definition) is 4. The number of nitrogens with one attached hydrogen (secondary N) is 2. The molecular formula is C12H22N4O2. The van der Waals surface area contributed by atoms with E-state index in [2.05, 4.69) is 27.4 Å². The molecule has 2 N–H and O–H groups in total. The third-order valence-corrected chi connectivity index (χ3v) is 2.66. The number of hydrogen-bond donors (Lipinski definition) is 2. The Morgan fingerprint density at radius 3 is 2.67 bits per heavy atom. The van der Waals surface area contributed by atoms with Crippen molar-refractivity contribution in [3.05, 3.63) is 0 Å². The van der Waals surface area contributed by atoms with E-state index in [9.17, 15) is 4.79 Å². The van der Waals surface area contributed by atoms with Crippen molar-refractivity contribution in [1.82, 2.24) is 15.2 Å². The normalized spacial score (nSPS) is 10.3. The number of anilines is 1. The van der Waals surface area contributed by atoms with Gasteiger partial charge in [-0.05, 0) is 6.42 Å². The Balaban J connectivity index is 2.10. The zero-order chi connectivity index (χ0) is 13.2. The van der Waals surface area contributed by atoms with Crippen LogP contribution in [0, 0.1) is 0 Å². The van der Waals surface area contributed by atoms with Crippen LogP contribution in [0.4, 0.5) is 5.95 Å². The van der Waals surface area contributed by atoms with Gasteiger partial charge >= 0.3 is 6.01 Å². The predicted octanol–water partition coefficient (Wildman–Crippen LogP) is 2.50. The van der Waals surface area contributed by atoms with Gasteiger partial charge in [0.15, 0.2) is 0 Å². The number of amides is 1. The number of H-pyrrole nitrogens is 1. The fraction of sp³-hybridized carbons (Fsp3) is 0.750. The minimum absolute atomic E-state index is 0.0377. The summed E-state index contributed by atoms with van der Waals surface area (Å²) >= 11 is 0. The summed E-state index contributed by atoms with van der Waals surface area (Å²) in [5.74, 6) is 0.298. The van der Waals surface area contributed by atoms with Crippen LogP contribution in [-0.2, 0) is 4.79 Å². The lowest BCUT2D eigenvalue weighted by Gasteiger charge is -2.01. The van der Waals surface area contributed by atoms with E-state index >= 15 is 0 Å². The molecule has 0 spiro atoms. The molecule has 0 saturated heterocycles. The van der Waals surface area contributed by atoms with Gasteiger partial charge in [-0.15, -0.1) is 5.10 Å². The molecule has 18 heavy (non-hydrogen) atoms. The van der Waals surface area contributed by atoms with E-state index in [0.29, 0.717) is 12.4 Å². The summed E-state index contributed by atoms with van der Waals surface area (Å²) in [6, 6.07) is 0.227. The van der Waals surface area contributed by atoms with Gasteiger partial charge in [0, 0.05) is 6.42 Å². The van der Waals surface area contributed by atoms with Gasteiger partial charge in [-0.2, -0.15) is 4.98 Å². The van der Waals surface area contributed by atoms with Crippen molar-refractivity contribution in [2.24, 2.45) is 0 Å². The first-order valence-corrected chi connectivity index (χ1v) is 6.52. The molecule has 1 heterocycles. The van der Waals surface area contributed by atoms with Crippen LogP contribution >= 0.6 is 0 Å². The number of ether oxygens (including phenoxy) is 1. The Bertz CT molecular complexity index is 352. The van der Waals surface area contributed by atoms with Crippen molar-refractivity contribution in [2.45, 2.75) is 51.9 Å². The highest BCUT2D eigenvalue weighted by molar-refractivity contribution is 5.88. The molecule has 6 heteroatoms.